The van der Waals surface area contributed by atoms with Crippen LogP contribution in [0.15, 0.2) is 36.9 Å². The molecule has 1 aromatic rings. The number of hydrogen-bond donors (Lipinski definition) is 2. The topological polar surface area (TPSA) is 58.6 Å². The molecule has 0 aliphatic rings. The molecule has 0 fully saturated rings. The van der Waals surface area contributed by atoms with Crippen LogP contribution in [0.5, 0.6) is 5.75 Å². The van der Waals surface area contributed by atoms with E-state index < -0.39 is 6.10 Å². The van der Waals surface area contributed by atoms with Crippen LogP contribution < -0.4 is 10.1 Å². The Bertz CT molecular complexity index is 446. The van der Waals surface area contributed by atoms with Crippen LogP contribution in [-0.4, -0.2) is 30.3 Å². The summed E-state index contributed by atoms with van der Waals surface area (Å²) in [5.74, 6) is 0.486. The minimum absolute atomic E-state index is 0.205. The summed E-state index contributed by atoms with van der Waals surface area (Å²) in [6.45, 7) is 10.0. The molecule has 0 aromatic heterocycles. The molecule has 20 heavy (non-hydrogen) atoms. The number of rotatable bonds is 6. The predicted molar refractivity (Wildman–Crippen MR) is 79.9 cm³/mol. The van der Waals surface area contributed by atoms with E-state index in [4.69, 9.17) is 4.74 Å². The van der Waals surface area contributed by atoms with Crippen LogP contribution in [0.3, 0.4) is 0 Å². The van der Waals surface area contributed by atoms with Crippen LogP contribution in [0.2, 0.25) is 0 Å². The summed E-state index contributed by atoms with van der Waals surface area (Å²) < 4.78 is 5.34. The fourth-order valence-electron chi connectivity index (χ4n) is 1.46. The van der Waals surface area contributed by atoms with Crippen LogP contribution in [0, 0.1) is 5.41 Å². The molecule has 0 heterocycles. The molecule has 2 N–H and O–H groups in total. The van der Waals surface area contributed by atoms with Crippen molar-refractivity contribution in [2.75, 3.05) is 13.2 Å². The number of ether oxygens (including phenoxy) is 1. The largest absolute Gasteiger partial charge is 0.490 e. The van der Waals surface area contributed by atoms with Gasteiger partial charge in [0.15, 0.2) is 0 Å². The molecular formula is C16H23NO3. The Balaban J connectivity index is 2.53. The highest BCUT2D eigenvalue weighted by Gasteiger charge is 2.22. The quantitative estimate of drug-likeness (QED) is 0.785. The Hall–Kier alpha value is -1.81. The van der Waals surface area contributed by atoms with Crippen LogP contribution in [0.25, 0.3) is 0 Å². The summed E-state index contributed by atoms with van der Waals surface area (Å²) in [5.41, 5.74) is 0.285. The first-order valence-corrected chi connectivity index (χ1v) is 6.64. The number of hydrogen-bond acceptors (Lipinski definition) is 3. The molecule has 4 nitrogen and oxygen atoms in total. The third kappa shape index (κ3) is 5.05. The van der Waals surface area contributed by atoms with Crippen molar-refractivity contribution in [1.82, 2.24) is 5.32 Å². The van der Waals surface area contributed by atoms with Gasteiger partial charge in [0.25, 0.3) is 5.91 Å². The zero-order valence-electron chi connectivity index (χ0n) is 12.3. The van der Waals surface area contributed by atoms with E-state index in [0.717, 1.165) is 0 Å². The molecule has 1 rings (SSSR count). The zero-order chi connectivity index (χ0) is 15.2. The molecular weight excluding hydrogens is 254 g/mol. The van der Waals surface area contributed by atoms with Crippen molar-refractivity contribution in [3.8, 4) is 5.75 Å². The second-order valence-corrected chi connectivity index (χ2v) is 5.72. The maximum absolute atomic E-state index is 11.9. The van der Waals surface area contributed by atoms with Gasteiger partial charge in [-0.25, -0.2) is 0 Å². The summed E-state index contributed by atoms with van der Waals surface area (Å²) in [6.07, 6.45) is 1.08. The molecule has 0 aliphatic heterocycles. The SMILES string of the molecule is C=CCOc1ccc(C(=O)NCC(O)C(C)(C)C)cc1. The number of aliphatic hydroxyl groups is 1. The fourth-order valence-corrected chi connectivity index (χ4v) is 1.46. The van der Waals surface area contributed by atoms with Gasteiger partial charge >= 0.3 is 0 Å². The van der Waals surface area contributed by atoms with Crippen molar-refractivity contribution in [2.24, 2.45) is 5.41 Å². The Morgan fingerprint density at radius 3 is 2.50 bits per heavy atom. The van der Waals surface area contributed by atoms with E-state index in [-0.39, 0.29) is 17.9 Å². The van der Waals surface area contributed by atoms with Crippen LogP contribution >= 0.6 is 0 Å². The number of carbonyl (C=O) groups excluding carboxylic acids is 1. The highest BCUT2D eigenvalue weighted by atomic mass is 16.5. The van der Waals surface area contributed by atoms with Crippen molar-refractivity contribution in [2.45, 2.75) is 26.9 Å². The zero-order valence-corrected chi connectivity index (χ0v) is 12.3. The minimum Gasteiger partial charge on any atom is -0.490 e. The molecule has 0 saturated carbocycles. The van der Waals surface area contributed by atoms with E-state index in [1.165, 1.54) is 0 Å². The number of amides is 1. The normalized spacial score (nSPS) is 12.6. The molecule has 1 aromatic carbocycles. The highest BCUT2D eigenvalue weighted by Crippen LogP contribution is 2.18. The maximum Gasteiger partial charge on any atom is 0.251 e. The first-order chi connectivity index (χ1) is 9.34. The third-order valence-corrected chi connectivity index (χ3v) is 2.94. The molecule has 4 heteroatoms. The van der Waals surface area contributed by atoms with Gasteiger partial charge in [0.05, 0.1) is 6.10 Å². The number of nitrogens with one attached hydrogen (secondary N) is 1. The Kier molecular flexibility index (Phi) is 5.77. The molecule has 0 aliphatic carbocycles. The molecule has 1 atom stereocenters. The Labute approximate surface area is 120 Å². The van der Waals surface area contributed by atoms with Crippen molar-refractivity contribution in [3.05, 3.63) is 42.5 Å². The summed E-state index contributed by atoms with van der Waals surface area (Å²) in [4.78, 5) is 11.9. The van der Waals surface area contributed by atoms with E-state index in [1.54, 1.807) is 30.3 Å². The molecule has 1 amide bonds. The van der Waals surface area contributed by atoms with E-state index in [9.17, 15) is 9.90 Å². The molecule has 0 radical (unpaired) electrons. The average molecular weight is 277 g/mol. The molecule has 0 saturated heterocycles. The van der Waals surface area contributed by atoms with Gasteiger partial charge in [0.1, 0.15) is 12.4 Å². The van der Waals surface area contributed by atoms with Gasteiger partial charge in [-0.2, -0.15) is 0 Å². The molecule has 110 valence electrons. The first-order valence-electron chi connectivity index (χ1n) is 6.64. The highest BCUT2D eigenvalue weighted by molar-refractivity contribution is 5.94. The lowest BCUT2D eigenvalue weighted by Crippen LogP contribution is -2.39. The fraction of sp³-hybridized carbons (Fsp3) is 0.438. The molecule has 0 spiro atoms. The third-order valence-electron chi connectivity index (χ3n) is 2.94. The standard InChI is InChI=1S/C16H23NO3/c1-5-10-20-13-8-6-12(7-9-13)15(19)17-11-14(18)16(2,3)4/h5-9,14,18H,1,10-11H2,2-4H3,(H,17,19). The second-order valence-electron chi connectivity index (χ2n) is 5.72. The van der Waals surface area contributed by atoms with Crippen LogP contribution in [-0.2, 0) is 0 Å². The van der Waals surface area contributed by atoms with Crippen molar-refractivity contribution in [1.29, 1.82) is 0 Å². The summed E-state index contributed by atoms with van der Waals surface area (Å²) in [5, 5.41) is 12.6. The van der Waals surface area contributed by atoms with Crippen LogP contribution in [0.4, 0.5) is 0 Å². The summed E-state index contributed by atoms with van der Waals surface area (Å²) >= 11 is 0. The van der Waals surface area contributed by atoms with Gasteiger partial charge in [-0.05, 0) is 29.7 Å². The predicted octanol–water partition coefficient (Wildman–Crippen LogP) is 2.39. The van der Waals surface area contributed by atoms with Crippen molar-refractivity contribution >= 4 is 5.91 Å². The van der Waals surface area contributed by atoms with Crippen LogP contribution in [0.1, 0.15) is 31.1 Å². The molecule has 0 bridgehead atoms. The Morgan fingerprint density at radius 2 is 2.00 bits per heavy atom. The van der Waals surface area contributed by atoms with E-state index in [0.29, 0.717) is 17.9 Å². The van der Waals surface area contributed by atoms with Gasteiger partial charge in [-0.1, -0.05) is 33.4 Å². The second kappa shape index (κ2) is 7.10. The molecule has 1 unspecified atom stereocenters. The van der Waals surface area contributed by atoms with Gasteiger partial charge in [0.2, 0.25) is 0 Å². The smallest absolute Gasteiger partial charge is 0.251 e. The number of carbonyl (C=O) groups is 1. The van der Waals surface area contributed by atoms with Crippen molar-refractivity contribution < 1.29 is 14.6 Å². The Morgan fingerprint density at radius 1 is 1.40 bits per heavy atom. The van der Waals surface area contributed by atoms with Gasteiger partial charge in [0, 0.05) is 12.1 Å². The van der Waals surface area contributed by atoms with Gasteiger partial charge < -0.3 is 15.2 Å². The van der Waals surface area contributed by atoms with Gasteiger partial charge in [-0.15, -0.1) is 0 Å². The minimum atomic E-state index is -0.582. The maximum atomic E-state index is 11.9. The summed E-state index contributed by atoms with van der Waals surface area (Å²) in [6, 6.07) is 6.85. The lowest BCUT2D eigenvalue weighted by Gasteiger charge is -2.25. The van der Waals surface area contributed by atoms with E-state index in [2.05, 4.69) is 11.9 Å². The summed E-state index contributed by atoms with van der Waals surface area (Å²) in [7, 11) is 0. The van der Waals surface area contributed by atoms with E-state index >= 15 is 0 Å². The van der Waals surface area contributed by atoms with Crippen molar-refractivity contribution in [3.63, 3.8) is 0 Å². The average Bonchev–Trinajstić information content (AvgIpc) is 2.41. The number of aliphatic hydroxyl groups excluding tert-OH is 1. The monoisotopic (exact) mass is 277 g/mol. The first kappa shape index (κ1) is 16.2. The lowest BCUT2D eigenvalue weighted by atomic mass is 9.89. The lowest BCUT2D eigenvalue weighted by molar-refractivity contribution is 0.0587. The van der Waals surface area contributed by atoms with E-state index in [1.807, 2.05) is 20.8 Å². The number of benzene rings is 1. The van der Waals surface area contributed by atoms with Gasteiger partial charge in [-0.3, -0.25) is 4.79 Å².